The number of allylic oxidation sites excluding steroid dienone is 1. The highest BCUT2D eigenvalue weighted by molar-refractivity contribution is 6.05. The second kappa shape index (κ2) is 14.3. The summed E-state index contributed by atoms with van der Waals surface area (Å²) < 4.78 is 23.5. The van der Waals surface area contributed by atoms with E-state index in [9.17, 15) is 24.3 Å². The van der Waals surface area contributed by atoms with Crippen LogP contribution in [-0.2, 0) is 33.4 Å². The Labute approximate surface area is 279 Å². The first kappa shape index (κ1) is 33.4. The number of carbonyl (C=O) groups excluding carboxylic acids is 4. The summed E-state index contributed by atoms with van der Waals surface area (Å²) in [5, 5.41) is 12.7. The molecule has 3 amide bonds. The van der Waals surface area contributed by atoms with Gasteiger partial charge in [-0.25, -0.2) is 0 Å². The molecule has 6 rings (SSSR count). The Morgan fingerprint density at radius 1 is 1.00 bits per heavy atom. The lowest BCUT2D eigenvalue weighted by molar-refractivity contribution is -0.162. The third-order valence-corrected chi connectivity index (χ3v) is 9.51. The average molecular weight is 660 g/mol. The Kier molecular flexibility index (Phi) is 9.95. The Morgan fingerprint density at radius 2 is 1.77 bits per heavy atom. The maximum absolute atomic E-state index is 14.8. The minimum atomic E-state index is -1.43. The van der Waals surface area contributed by atoms with Crippen LogP contribution in [0.1, 0.15) is 30.9 Å². The first-order chi connectivity index (χ1) is 23.3. The van der Waals surface area contributed by atoms with Crippen molar-refractivity contribution >= 4 is 29.4 Å². The number of nitrogens with one attached hydrogen (secondary N) is 1. The van der Waals surface area contributed by atoms with Crippen molar-refractivity contribution in [3.8, 4) is 5.75 Å². The molecule has 0 unspecified atom stereocenters. The van der Waals surface area contributed by atoms with E-state index in [1.807, 2.05) is 30.4 Å². The van der Waals surface area contributed by atoms with E-state index in [4.69, 9.17) is 18.9 Å². The fraction of sp³-hybridized carbons (Fsp3) is 0.444. The van der Waals surface area contributed by atoms with Crippen molar-refractivity contribution in [1.29, 1.82) is 0 Å². The van der Waals surface area contributed by atoms with E-state index in [0.29, 0.717) is 23.4 Å². The highest BCUT2D eigenvalue weighted by atomic mass is 16.6. The number of aliphatic hydroxyl groups excluding tert-OH is 1. The number of carbonyl (C=O) groups is 4. The molecule has 5 bridgehead atoms. The lowest BCUT2D eigenvalue weighted by atomic mass is 9.74. The SMILES string of the molecule is COC[C@@H]1NC(=O)CC/C=C\CN(c2ccc(OC)cc2)C(=O)[C@H]2N(CCCO)C(=O)[C@@H]3[C@@H](C(=O)O[C@H]1c1ccccc1)[C@H]1C=C[C@]32O1. The molecule has 2 fully saturated rings. The highest BCUT2D eigenvalue weighted by Crippen LogP contribution is 2.56. The number of benzene rings is 2. The van der Waals surface area contributed by atoms with Crippen LogP contribution in [-0.4, -0.2) is 98.0 Å². The molecule has 7 atom stereocenters. The van der Waals surface area contributed by atoms with E-state index in [2.05, 4.69) is 5.32 Å². The van der Waals surface area contributed by atoms with Gasteiger partial charge in [-0.05, 0) is 42.7 Å². The van der Waals surface area contributed by atoms with Crippen LogP contribution in [0, 0.1) is 11.8 Å². The number of amides is 3. The molecule has 254 valence electrons. The topological polar surface area (TPSA) is 144 Å². The highest BCUT2D eigenvalue weighted by Gasteiger charge is 2.73. The van der Waals surface area contributed by atoms with Crippen molar-refractivity contribution < 1.29 is 43.2 Å². The van der Waals surface area contributed by atoms with Crippen molar-refractivity contribution in [3.05, 3.63) is 84.5 Å². The zero-order chi connectivity index (χ0) is 33.8. The number of hydrogen-bond acceptors (Lipinski definition) is 9. The molecule has 12 nitrogen and oxygen atoms in total. The summed E-state index contributed by atoms with van der Waals surface area (Å²) in [7, 11) is 3.06. The molecule has 1 spiro atoms. The van der Waals surface area contributed by atoms with E-state index in [1.165, 1.54) is 12.0 Å². The number of rotatable bonds is 8. The number of methoxy groups -OCH3 is 2. The van der Waals surface area contributed by atoms with Crippen LogP contribution < -0.4 is 15.0 Å². The van der Waals surface area contributed by atoms with Crippen molar-refractivity contribution in [2.24, 2.45) is 11.8 Å². The van der Waals surface area contributed by atoms with Gasteiger partial charge in [0.1, 0.15) is 29.4 Å². The molecule has 0 radical (unpaired) electrons. The van der Waals surface area contributed by atoms with E-state index in [0.717, 1.165) is 0 Å². The van der Waals surface area contributed by atoms with Gasteiger partial charge in [0.2, 0.25) is 11.8 Å². The molecule has 2 aromatic carbocycles. The normalized spacial score (nSPS) is 31.1. The van der Waals surface area contributed by atoms with Gasteiger partial charge in [-0.1, -0.05) is 54.6 Å². The number of aliphatic hydroxyl groups is 1. The van der Waals surface area contributed by atoms with Gasteiger partial charge in [0.05, 0.1) is 31.8 Å². The molecule has 2 aromatic rings. The number of likely N-dealkylation sites (tertiary alicyclic amines) is 1. The summed E-state index contributed by atoms with van der Waals surface area (Å²) in [6.07, 6.45) is 6.15. The van der Waals surface area contributed by atoms with Crippen LogP contribution in [0.3, 0.4) is 0 Å². The van der Waals surface area contributed by atoms with Crippen molar-refractivity contribution in [2.45, 2.75) is 49.2 Å². The smallest absolute Gasteiger partial charge is 0.313 e. The van der Waals surface area contributed by atoms with Crippen molar-refractivity contribution in [2.75, 3.05) is 45.4 Å². The molecule has 0 aliphatic carbocycles. The number of nitrogens with zero attached hydrogens (tertiary/aromatic N) is 2. The molecule has 12 heteroatoms. The number of anilines is 1. The lowest BCUT2D eigenvalue weighted by Crippen LogP contribution is -2.56. The minimum absolute atomic E-state index is 0.0630. The molecular weight excluding hydrogens is 618 g/mol. The fourth-order valence-corrected chi connectivity index (χ4v) is 7.34. The van der Waals surface area contributed by atoms with Crippen molar-refractivity contribution in [1.82, 2.24) is 10.2 Å². The van der Waals surface area contributed by atoms with Gasteiger partial charge in [0.25, 0.3) is 5.91 Å². The second-order valence-corrected chi connectivity index (χ2v) is 12.4. The predicted octanol–water partition coefficient (Wildman–Crippen LogP) is 2.33. The third-order valence-electron chi connectivity index (χ3n) is 9.51. The molecule has 2 saturated heterocycles. The van der Waals surface area contributed by atoms with E-state index >= 15 is 0 Å². The molecule has 4 aliphatic rings. The van der Waals surface area contributed by atoms with Gasteiger partial charge in [0, 0.05) is 38.9 Å². The van der Waals surface area contributed by atoms with Crippen LogP contribution >= 0.6 is 0 Å². The van der Waals surface area contributed by atoms with Gasteiger partial charge >= 0.3 is 5.97 Å². The fourth-order valence-electron chi connectivity index (χ4n) is 7.34. The molecule has 0 saturated carbocycles. The number of cyclic esters (lactones) is 1. The van der Waals surface area contributed by atoms with Gasteiger partial charge in [-0.2, -0.15) is 0 Å². The van der Waals surface area contributed by atoms with Gasteiger partial charge in [-0.15, -0.1) is 0 Å². The standard InChI is InChI=1S/C36H41N3O9/c1-45-22-26-31(23-10-5-3-6-11-23)47-35(44)29-27-17-18-36(48-27)30(29)33(42)39(20-9-21-40)32(36)34(43)38(19-8-4-7-12-28(41)37-26)24-13-15-25(46-2)16-14-24/h3-6,8,10-11,13-18,26-27,29-32,40H,7,9,12,19-22H2,1-2H3,(H,37,41)/b8-4-/t26-,27+,29-,30-,31-,32+,36-/m0/s1. The predicted molar refractivity (Wildman–Crippen MR) is 174 cm³/mol. The monoisotopic (exact) mass is 659 g/mol. The summed E-state index contributed by atoms with van der Waals surface area (Å²) in [6, 6.07) is 14.2. The maximum Gasteiger partial charge on any atom is 0.313 e. The average Bonchev–Trinajstić information content (AvgIpc) is 3.74. The Hall–Kier alpha value is -4.52. The van der Waals surface area contributed by atoms with Crippen LogP contribution in [0.4, 0.5) is 5.69 Å². The Morgan fingerprint density at radius 3 is 2.48 bits per heavy atom. The zero-order valence-electron chi connectivity index (χ0n) is 27.0. The van der Waals surface area contributed by atoms with Crippen LogP contribution in [0.5, 0.6) is 5.75 Å². The quantitative estimate of drug-likeness (QED) is 0.322. The van der Waals surface area contributed by atoms with Crippen LogP contribution in [0.2, 0.25) is 0 Å². The summed E-state index contributed by atoms with van der Waals surface area (Å²) in [4.78, 5) is 59.6. The largest absolute Gasteiger partial charge is 0.497 e. The lowest BCUT2D eigenvalue weighted by Gasteiger charge is -2.36. The van der Waals surface area contributed by atoms with E-state index < -0.39 is 59.5 Å². The first-order valence-electron chi connectivity index (χ1n) is 16.3. The molecule has 2 N–H and O–H groups in total. The Balaban J connectivity index is 1.44. The summed E-state index contributed by atoms with van der Waals surface area (Å²) in [6.45, 7) is 0.110. The van der Waals surface area contributed by atoms with Gasteiger partial charge in [0.15, 0.2) is 0 Å². The number of ether oxygens (including phenoxy) is 4. The van der Waals surface area contributed by atoms with Gasteiger partial charge < -0.3 is 39.2 Å². The van der Waals surface area contributed by atoms with E-state index in [1.54, 1.807) is 60.6 Å². The maximum atomic E-state index is 14.8. The molecular formula is C36H41N3O9. The van der Waals surface area contributed by atoms with Gasteiger partial charge in [-0.3, -0.25) is 19.2 Å². The van der Waals surface area contributed by atoms with E-state index in [-0.39, 0.29) is 45.1 Å². The third kappa shape index (κ3) is 6.11. The second-order valence-electron chi connectivity index (χ2n) is 12.4. The van der Waals surface area contributed by atoms with Crippen LogP contribution in [0.25, 0.3) is 0 Å². The zero-order valence-corrected chi connectivity index (χ0v) is 27.0. The summed E-state index contributed by atoms with van der Waals surface area (Å²) >= 11 is 0. The summed E-state index contributed by atoms with van der Waals surface area (Å²) in [5.41, 5.74) is -0.218. The number of esters is 1. The number of fused-ring (bicyclic) bond motifs is 2. The molecule has 48 heavy (non-hydrogen) atoms. The first-order valence-corrected chi connectivity index (χ1v) is 16.3. The summed E-state index contributed by atoms with van der Waals surface area (Å²) in [5.74, 6) is -3.23. The molecule has 4 heterocycles. The molecule has 4 aliphatic heterocycles. The number of hydrogen-bond donors (Lipinski definition) is 2. The van der Waals surface area contributed by atoms with Crippen molar-refractivity contribution in [3.63, 3.8) is 0 Å². The van der Waals surface area contributed by atoms with Crippen LogP contribution in [0.15, 0.2) is 78.9 Å². The minimum Gasteiger partial charge on any atom is -0.497 e. The molecule has 0 aromatic heterocycles. The Bertz CT molecular complexity index is 1560.